The summed E-state index contributed by atoms with van der Waals surface area (Å²) >= 11 is 0. The van der Waals surface area contributed by atoms with Gasteiger partial charge >= 0.3 is 0 Å². The van der Waals surface area contributed by atoms with Gasteiger partial charge in [0.25, 0.3) is 0 Å². The Morgan fingerprint density at radius 1 is 1.19 bits per heavy atom. The molecular weight excluding hydrogens is 278 g/mol. The Labute approximate surface area is 121 Å². The minimum absolute atomic E-state index is 0.160. The van der Waals surface area contributed by atoms with Crippen molar-refractivity contribution in [2.45, 2.75) is 37.3 Å². The number of aliphatic hydroxyl groups is 3. The standard InChI is InChI=1S/C13H17N3O5/c14-16-15-6-9-10(17)12(11(18)13(19)21-9)20-7-8-4-2-1-3-5-8/h1-5,9-13,17-19H,6-7H2/t9-,10-,11+,12+,13+/m1/s1. The minimum atomic E-state index is -1.51. The van der Waals surface area contributed by atoms with Gasteiger partial charge in [-0.05, 0) is 11.1 Å². The summed E-state index contributed by atoms with van der Waals surface area (Å²) in [7, 11) is 0. The van der Waals surface area contributed by atoms with E-state index in [-0.39, 0.29) is 13.2 Å². The number of azide groups is 1. The summed E-state index contributed by atoms with van der Waals surface area (Å²) in [4.78, 5) is 2.58. The SMILES string of the molecule is [N-]=[N+]=NC[C@H]1O[C@H](O)[C@@H](O)[C@@H](OCc2ccccc2)[C@@H]1O. The first-order chi connectivity index (χ1) is 10.1. The van der Waals surface area contributed by atoms with Gasteiger partial charge in [0.15, 0.2) is 6.29 Å². The molecule has 8 heteroatoms. The van der Waals surface area contributed by atoms with Gasteiger partial charge in [0, 0.05) is 4.91 Å². The fourth-order valence-electron chi connectivity index (χ4n) is 2.15. The Morgan fingerprint density at radius 3 is 2.57 bits per heavy atom. The molecule has 8 nitrogen and oxygen atoms in total. The first kappa shape index (κ1) is 15.7. The summed E-state index contributed by atoms with van der Waals surface area (Å²) in [6.07, 6.45) is -6.07. The van der Waals surface area contributed by atoms with Crippen LogP contribution >= 0.6 is 0 Å². The van der Waals surface area contributed by atoms with Gasteiger partial charge in [-0.3, -0.25) is 0 Å². The number of hydrogen-bond acceptors (Lipinski definition) is 6. The number of ether oxygens (including phenoxy) is 2. The molecule has 1 fully saturated rings. The zero-order valence-corrected chi connectivity index (χ0v) is 11.2. The van der Waals surface area contributed by atoms with E-state index >= 15 is 0 Å². The van der Waals surface area contributed by atoms with E-state index in [1.165, 1.54) is 0 Å². The van der Waals surface area contributed by atoms with Crippen LogP contribution in [0.25, 0.3) is 10.4 Å². The molecule has 3 N–H and O–H groups in total. The molecule has 1 aliphatic rings. The van der Waals surface area contributed by atoms with E-state index in [2.05, 4.69) is 10.0 Å². The van der Waals surface area contributed by atoms with Crippen molar-refractivity contribution >= 4 is 0 Å². The highest BCUT2D eigenvalue weighted by Crippen LogP contribution is 2.23. The highest BCUT2D eigenvalue weighted by molar-refractivity contribution is 5.13. The largest absolute Gasteiger partial charge is 0.388 e. The van der Waals surface area contributed by atoms with Gasteiger partial charge in [-0.25, -0.2) is 0 Å². The van der Waals surface area contributed by atoms with Crippen molar-refractivity contribution in [3.05, 3.63) is 46.3 Å². The summed E-state index contributed by atoms with van der Waals surface area (Å²) in [5.74, 6) is 0. The summed E-state index contributed by atoms with van der Waals surface area (Å²) in [6.45, 7) is 0.00717. The van der Waals surface area contributed by atoms with Crippen LogP contribution in [0.2, 0.25) is 0 Å². The second kappa shape index (κ2) is 7.37. The lowest BCUT2D eigenvalue weighted by Crippen LogP contribution is -2.59. The van der Waals surface area contributed by atoms with Crippen LogP contribution in [0, 0.1) is 0 Å². The first-order valence-corrected chi connectivity index (χ1v) is 6.49. The van der Waals surface area contributed by atoms with Crippen LogP contribution in [0.3, 0.4) is 0 Å². The normalized spacial score (nSPS) is 32.4. The molecule has 0 aliphatic carbocycles. The average molecular weight is 295 g/mol. The Balaban J connectivity index is 2.02. The van der Waals surface area contributed by atoms with Crippen molar-refractivity contribution in [1.82, 2.24) is 0 Å². The van der Waals surface area contributed by atoms with Crippen LogP contribution in [0.4, 0.5) is 0 Å². The summed E-state index contributed by atoms with van der Waals surface area (Å²) in [5.41, 5.74) is 9.16. The predicted octanol–water partition coefficient (Wildman–Crippen LogP) is 0.321. The lowest BCUT2D eigenvalue weighted by Gasteiger charge is -2.40. The quantitative estimate of drug-likeness (QED) is 0.409. The fourth-order valence-corrected chi connectivity index (χ4v) is 2.15. The molecule has 0 aromatic heterocycles. The molecule has 1 aromatic rings. The number of hydrogen-bond donors (Lipinski definition) is 3. The number of benzene rings is 1. The molecule has 0 bridgehead atoms. The van der Waals surface area contributed by atoms with Crippen LogP contribution in [0.1, 0.15) is 5.56 Å². The second-order valence-corrected chi connectivity index (χ2v) is 4.72. The highest BCUT2D eigenvalue weighted by Gasteiger charge is 2.44. The van der Waals surface area contributed by atoms with E-state index in [9.17, 15) is 15.3 Å². The van der Waals surface area contributed by atoms with Gasteiger partial charge in [-0.1, -0.05) is 35.4 Å². The summed E-state index contributed by atoms with van der Waals surface area (Å²) in [5, 5.41) is 32.9. The smallest absolute Gasteiger partial charge is 0.183 e. The third-order valence-corrected chi connectivity index (χ3v) is 3.27. The predicted molar refractivity (Wildman–Crippen MR) is 71.9 cm³/mol. The van der Waals surface area contributed by atoms with E-state index in [1.807, 2.05) is 30.3 Å². The Kier molecular flexibility index (Phi) is 5.51. The molecule has 1 aromatic carbocycles. The van der Waals surface area contributed by atoms with Crippen molar-refractivity contribution in [3.8, 4) is 0 Å². The highest BCUT2D eigenvalue weighted by atomic mass is 16.6. The molecule has 1 aliphatic heterocycles. The zero-order valence-electron chi connectivity index (χ0n) is 11.2. The van der Waals surface area contributed by atoms with Gasteiger partial charge in [0.2, 0.25) is 0 Å². The maximum atomic E-state index is 10.1. The minimum Gasteiger partial charge on any atom is -0.388 e. The molecule has 0 unspecified atom stereocenters. The van der Waals surface area contributed by atoms with E-state index < -0.39 is 30.7 Å². The molecule has 1 saturated heterocycles. The maximum absolute atomic E-state index is 10.1. The first-order valence-electron chi connectivity index (χ1n) is 6.49. The lowest BCUT2D eigenvalue weighted by molar-refractivity contribution is -0.289. The second-order valence-electron chi connectivity index (χ2n) is 4.72. The van der Waals surface area contributed by atoms with E-state index in [0.29, 0.717) is 0 Å². The third kappa shape index (κ3) is 3.92. The van der Waals surface area contributed by atoms with Crippen LogP contribution in [0.5, 0.6) is 0 Å². The fraction of sp³-hybridized carbons (Fsp3) is 0.538. The van der Waals surface area contributed by atoms with Gasteiger partial charge in [0.05, 0.1) is 19.3 Å². The topological polar surface area (TPSA) is 128 Å². The molecule has 5 atom stereocenters. The molecule has 2 rings (SSSR count). The average Bonchev–Trinajstić information content (AvgIpc) is 2.50. The third-order valence-electron chi connectivity index (χ3n) is 3.27. The van der Waals surface area contributed by atoms with Crippen molar-refractivity contribution in [3.63, 3.8) is 0 Å². The molecular formula is C13H17N3O5. The van der Waals surface area contributed by atoms with Gasteiger partial charge in [-0.15, -0.1) is 0 Å². The maximum Gasteiger partial charge on any atom is 0.183 e. The summed E-state index contributed by atoms with van der Waals surface area (Å²) < 4.78 is 10.5. The number of nitrogens with zero attached hydrogens (tertiary/aromatic N) is 3. The van der Waals surface area contributed by atoms with Gasteiger partial charge in [0.1, 0.15) is 18.3 Å². The number of aliphatic hydroxyl groups excluding tert-OH is 3. The van der Waals surface area contributed by atoms with Crippen LogP contribution in [-0.2, 0) is 16.1 Å². The molecule has 0 radical (unpaired) electrons. The monoisotopic (exact) mass is 295 g/mol. The molecule has 1 heterocycles. The van der Waals surface area contributed by atoms with Crippen LogP contribution < -0.4 is 0 Å². The van der Waals surface area contributed by atoms with Crippen molar-refractivity contribution in [1.29, 1.82) is 0 Å². The Hall–Kier alpha value is -1.67. The van der Waals surface area contributed by atoms with Gasteiger partial charge in [-0.2, -0.15) is 0 Å². The van der Waals surface area contributed by atoms with Crippen LogP contribution in [-0.4, -0.2) is 52.6 Å². The molecule has 0 amide bonds. The van der Waals surface area contributed by atoms with E-state index in [4.69, 9.17) is 15.0 Å². The van der Waals surface area contributed by atoms with Crippen molar-refractivity contribution in [2.24, 2.45) is 5.11 Å². The summed E-state index contributed by atoms with van der Waals surface area (Å²) in [6, 6.07) is 9.23. The Morgan fingerprint density at radius 2 is 1.90 bits per heavy atom. The van der Waals surface area contributed by atoms with E-state index in [1.54, 1.807) is 0 Å². The van der Waals surface area contributed by atoms with Crippen LogP contribution in [0.15, 0.2) is 35.4 Å². The molecule has 21 heavy (non-hydrogen) atoms. The van der Waals surface area contributed by atoms with Crippen molar-refractivity contribution < 1.29 is 24.8 Å². The zero-order chi connectivity index (χ0) is 15.2. The molecule has 0 spiro atoms. The van der Waals surface area contributed by atoms with E-state index in [0.717, 1.165) is 5.56 Å². The Bertz CT molecular complexity index is 494. The van der Waals surface area contributed by atoms with Crippen molar-refractivity contribution in [2.75, 3.05) is 6.54 Å². The molecule has 0 saturated carbocycles. The molecule has 114 valence electrons. The lowest BCUT2D eigenvalue weighted by atomic mass is 9.98. The van der Waals surface area contributed by atoms with Gasteiger partial charge < -0.3 is 24.8 Å². The number of rotatable bonds is 5.